The molecule has 0 bridgehead atoms. The molecule has 1 rings (SSSR count). The van der Waals surface area contributed by atoms with Crippen LogP contribution in [0.2, 0.25) is 0 Å². The van der Waals surface area contributed by atoms with Gasteiger partial charge in [0.25, 0.3) is 0 Å². The Kier molecular flexibility index (Phi) is 3.34. The summed E-state index contributed by atoms with van der Waals surface area (Å²) in [6.07, 6.45) is 3.35. The molecule has 0 heterocycles. The van der Waals surface area contributed by atoms with E-state index >= 15 is 0 Å². The number of hydrogen-bond acceptors (Lipinski definition) is 2. The zero-order valence-electron chi connectivity index (χ0n) is 6.90. The van der Waals surface area contributed by atoms with Crippen molar-refractivity contribution in [3.05, 3.63) is 41.2 Å². The van der Waals surface area contributed by atoms with Crippen LogP contribution in [0, 0.1) is 5.82 Å². The summed E-state index contributed by atoms with van der Waals surface area (Å²) in [6, 6.07) is 4.26. The summed E-state index contributed by atoms with van der Waals surface area (Å²) in [7, 11) is 0. The zero-order valence-corrected chi connectivity index (χ0v) is 6.90. The van der Waals surface area contributed by atoms with E-state index in [9.17, 15) is 9.18 Å². The molecule has 1 N–H and O–H groups in total. The van der Waals surface area contributed by atoms with Gasteiger partial charge in [0.2, 0.25) is 0 Å². The van der Waals surface area contributed by atoms with E-state index in [-0.39, 0.29) is 17.7 Å². The van der Waals surface area contributed by atoms with Gasteiger partial charge in [-0.05, 0) is 6.07 Å². The van der Waals surface area contributed by atoms with Gasteiger partial charge in [-0.1, -0.05) is 24.3 Å². The molecule has 0 unspecified atom stereocenters. The normalized spacial score (nSPS) is 10.6. The minimum absolute atomic E-state index is 0.174. The van der Waals surface area contributed by atoms with Crippen molar-refractivity contribution in [1.82, 2.24) is 0 Å². The van der Waals surface area contributed by atoms with Gasteiger partial charge < -0.3 is 5.11 Å². The maximum absolute atomic E-state index is 13.1. The van der Waals surface area contributed by atoms with Crippen LogP contribution in [0.3, 0.4) is 0 Å². The molecule has 0 fully saturated rings. The van der Waals surface area contributed by atoms with Crippen LogP contribution in [0.4, 0.5) is 4.39 Å². The average Bonchev–Trinajstić information content (AvgIpc) is 2.15. The maximum Gasteiger partial charge on any atom is 0.150 e. The number of carbonyl (C=O) groups excluding carboxylic acids is 1. The highest BCUT2D eigenvalue weighted by Crippen LogP contribution is 2.13. The lowest BCUT2D eigenvalue weighted by atomic mass is 10.1. The second-order valence-corrected chi connectivity index (χ2v) is 2.45. The van der Waals surface area contributed by atoms with E-state index in [2.05, 4.69) is 0 Å². The Morgan fingerprint density at radius 3 is 2.85 bits per heavy atom. The summed E-state index contributed by atoms with van der Waals surface area (Å²) in [5.74, 6) is -0.464. The summed E-state index contributed by atoms with van der Waals surface area (Å²) >= 11 is 0. The van der Waals surface area contributed by atoms with E-state index < -0.39 is 5.82 Å². The smallest absolute Gasteiger partial charge is 0.150 e. The lowest BCUT2D eigenvalue weighted by Gasteiger charge is -1.99. The van der Waals surface area contributed by atoms with E-state index in [1.807, 2.05) is 0 Å². The molecule has 0 aliphatic heterocycles. The van der Waals surface area contributed by atoms with Gasteiger partial charge >= 0.3 is 0 Å². The van der Waals surface area contributed by atoms with Gasteiger partial charge in [0, 0.05) is 11.1 Å². The van der Waals surface area contributed by atoms with Crippen LogP contribution in [0.5, 0.6) is 0 Å². The molecule has 1 aromatic carbocycles. The van der Waals surface area contributed by atoms with Gasteiger partial charge in [-0.3, -0.25) is 4.79 Å². The molecule has 0 saturated carbocycles. The average molecular weight is 180 g/mol. The molecule has 0 aliphatic rings. The Morgan fingerprint density at radius 2 is 2.23 bits per heavy atom. The van der Waals surface area contributed by atoms with E-state index in [4.69, 9.17) is 5.11 Å². The van der Waals surface area contributed by atoms with Crippen molar-refractivity contribution in [3.8, 4) is 0 Å². The van der Waals surface area contributed by atoms with E-state index in [0.29, 0.717) is 6.29 Å². The molecule has 3 heteroatoms. The fourth-order valence-corrected chi connectivity index (χ4v) is 1.00. The highest BCUT2D eigenvalue weighted by atomic mass is 19.1. The third kappa shape index (κ3) is 2.23. The van der Waals surface area contributed by atoms with Crippen molar-refractivity contribution >= 4 is 12.4 Å². The third-order valence-corrected chi connectivity index (χ3v) is 1.60. The van der Waals surface area contributed by atoms with Gasteiger partial charge in [-0.2, -0.15) is 0 Å². The van der Waals surface area contributed by atoms with Gasteiger partial charge in [-0.15, -0.1) is 0 Å². The highest BCUT2D eigenvalue weighted by molar-refractivity contribution is 5.81. The van der Waals surface area contributed by atoms with Crippen LogP contribution >= 0.6 is 0 Å². The summed E-state index contributed by atoms with van der Waals surface area (Å²) < 4.78 is 13.1. The van der Waals surface area contributed by atoms with Crippen molar-refractivity contribution in [2.24, 2.45) is 0 Å². The quantitative estimate of drug-likeness (QED) is 0.718. The van der Waals surface area contributed by atoms with E-state index in [0.717, 1.165) is 0 Å². The molecule has 0 atom stereocenters. The Balaban J connectivity index is 3.14. The van der Waals surface area contributed by atoms with Crippen LogP contribution in [0.25, 0.3) is 6.08 Å². The number of carbonyl (C=O) groups is 1. The zero-order chi connectivity index (χ0) is 9.68. The summed E-state index contributed by atoms with van der Waals surface area (Å²) in [4.78, 5) is 10.5. The topological polar surface area (TPSA) is 37.3 Å². The van der Waals surface area contributed by atoms with Crippen molar-refractivity contribution < 1.29 is 14.3 Å². The van der Waals surface area contributed by atoms with Gasteiger partial charge in [0.05, 0.1) is 6.61 Å². The molecule has 1 aromatic rings. The SMILES string of the molecule is O=Cc1cccc(F)c1C=CCO. The Bertz CT molecular complexity index is 332. The summed E-state index contributed by atoms with van der Waals surface area (Å²) in [5, 5.41) is 8.48. The van der Waals surface area contributed by atoms with Crippen molar-refractivity contribution in [2.75, 3.05) is 6.61 Å². The molecule has 0 aliphatic carbocycles. The molecule has 2 nitrogen and oxygen atoms in total. The predicted molar refractivity (Wildman–Crippen MR) is 47.9 cm³/mol. The fourth-order valence-electron chi connectivity index (χ4n) is 1.00. The van der Waals surface area contributed by atoms with E-state index in [1.165, 1.54) is 30.4 Å². The number of halogens is 1. The molecule has 68 valence electrons. The Labute approximate surface area is 75.3 Å². The molecule has 0 radical (unpaired) electrons. The highest BCUT2D eigenvalue weighted by Gasteiger charge is 2.02. The third-order valence-electron chi connectivity index (χ3n) is 1.60. The van der Waals surface area contributed by atoms with Crippen LogP contribution in [-0.4, -0.2) is 18.0 Å². The van der Waals surface area contributed by atoms with Crippen molar-refractivity contribution in [3.63, 3.8) is 0 Å². The Hall–Kier alpha value is -1.48. The summed E-state index contributed by atoms with van der Waals surface area (Å²) in [5.41, 5.74) is 0.497. The lowest BCUT2D eigenvalue weighted by molar-refractivity contribution is 0.112. The van der Waals surface area contributed by atoms with Crippen LogP contribution in [-0.2, 0) is 0 Å². The number of aliphatic hydroxyl groups is 1. The Morgan fingerprint density at radius 1 is 1.46 bits per heavy atom. The largest absolute Gasteiger partial charge is 0.392 e. The standard InChI is InChI=1S/C10H9FO2/c11-10-5-1-3-8(7-13)9(10)4-2-6-12/h1-5,7,12H,6H2. The molecule has 0 amide bonds. The first-order valence-corrected chi connectivity index (χ1v) is 3.80. The monoisotopic (exact) mass is 180 g/mol. The minimum atomic E-state index is -0.464. The molecule has 0 spiro atoms. The lowest BCUT2D eigenvalue weighted by Crippen LogP contribution is -1.90. The summed E-state index contributed by atoms with van der Waals surface area (Å²) in [6.45, 7) is -0.174. The van der Waals surface area contributed by atoms with Gasteiger partial charge in [-0.25, -0.2) is 4.39 Å². The minimum Gasteiger partial charge on any atom is -0.392 e. The molecule has 0 aromatic heterocycles. The predicted octanol–water partition coefficient (Wildman–Crippen LogP) is 1.64. The van der Waals surface area contributed by atoms with Crippen LogP contribution < -0.4 is 0 Å². The number of hydrogen-bond donors (Lipinski definition) is 1. The number of aldehydes is 1. The van der Waals surface area contributed by atoms with Crippen LogP contribution in [0.1, 0.15) is 15.9 Å². The van der Waals surface area contributed by atoms with E-state index in [1.54, 1.807) is 0 Å². The van der Waals surface area contributed by atoms with Gasteiger partial charge in [0.15, 0.2) is 6.29 Å². The first-order valence-electron chi connectivity index (χ1n) is 3.80. The second kappa shape index (κ2) is 4.52. The number of benzene rings is 1. The second-order valence-electron chi connectivity index (χ2n) is 2.45. The van der Waals surface area contributed by atoms with Crippen LogP contribution in [0.15, 0.2) is 24.3 Å². The van der Waals surface area contributed by atoms with Gasteiger partial charge in [0.1, 0.15) is 5.82 Å². The first-order chi connectivity index (χ1) is 6.29. The van der Waals surface area contributed by atoms with Crippen molar-refractivity contribution in [2.45, 2.75) is 0 Å². The molecular formula is C10H9FO2. The first kappa shape index (κ1) is 9.61. The molecule has 0 saturated heterocycles. The number of rotatable bonds is 3. The molecular weight excluding hydrogens is 171 g/mol. The van der Waals surface area contributed by atoms with Crippen molar-refractivity contribution in [1.29, 1.82) is 0 Å². The fraction of sp³-hybridized carbons (Fsp3) is 0.100. The maximum atomic E-state index is 13.1. The molecule has 13 heavy (non-hydrogen) atoms. The number of aliphatic hydroxyl groups excluding tert-OH is 1.